The Kier molecular flexibility index (Phi) is 8.82. The molecule has 0 aliphatic rings. The van der Waals surface area contributed by atoms with Gasteiger partial charge in [-0.2, -0.15) is 4.89 Å². The third-order valence-electron chi connectivity index (χ3n) is 4.09. The van der Waals surface area contributed by atoms with Crippen molar-refractivity contribution in [3.05, 3.63) is 35.4 Å². The fraction of sp³-hybridized carbons (Fsp3) is 0.611. The molecule has 1 aromatic carbocycles. The van der Waals surface area contributed by atoms with Crippen LogP contribution in [0.15, 0.2) is 24.3 Å². The number of carbonyl (C=O) groups is 1. The first-order chi connectivity index (χ1) is 10.2. The van der Waals surface area contributed by atoms with E-state index >= 15 is 0 Å². The zero-order chi connectivity index (χ0) is 16.8. The molecule has 0 atom stereocenters. The molecule has 1 aromatic rings. The lowest BCUT2D eigenvalue weighted by atomic mass is 10.1. The number of rotatable bonds is 7. The summed E-state index contributed by atoms with van der Waals surface area (Å²) in [5.41, 5.74) is 1.24. The molecule has 0 bridgehead atoms. The van der Waals surface area contributed by atoms with E-state index < -0.39 is 11.6 Å². The Morgan fingerprint density at radius 2 is 1.48 bits per heavy atom. The number of halogens is 1. The van der Waals surface area contributed by atoms with Crippen molar-refractivity contribution < 1.29 is 31.5 Å². The molecule has 0 radical (unpaired) electrons. The van der Waals surface area contributed by atoms with Crippen molar-refractivity contribution in [2.24, 2.45) is 0 Å². The van der Waals surface area contributed by atoms with Gasteiger partial charge in [-0.3, -0.25) is 4.89 Å². The summed E-state index contributed by atoms with van der Waals surface area (Å²) in [7, 11) is 0. The van der Waals surface area contributed by atoms with Crippen molar-refractivity contribution >= 4 is 5.97 Å². The predicted octanol–water partition coefficient (Wildman–Crippen LogP) is 0.954. The molecule has 0 saturated carbocycles. The van der Waals surface area contributed by atoms with Crippen LogP contribution in [0, 0.1) is 0 Å². The monoisotopic (exact) mass is 343 g/mol. The molecule has 0 amide bonds. The second-order valence-electron chi connectivity index (χ2n) is 6.71. The number of benzene rings is 1. The van der Waals surface area contributed by atoms with Crippen LogP contribution in [-0.4, -0.2) is 35.7 Å². The van der Waals surface area contributed by atoms with E-state index in [-0.39, 0.29) is 12.4 Å². The Labute approximate surface area is 146 Å². The number of hydrogen-bond donors (Lipinski definition) is 0. The Bertz CT molecular complexity index is 468. The third kappa shape index (κ3) is 6.90. The van der Waals surface area contributed by atoms with Crippen LogP contribution in [0.2, 0.25) is 0 Å². The van der Waals surface area contributed by atoms with E-state index in [1.165, 1.54) is 5.56 Å². The minimum atomic E-state index is -0.504. The van der Waals surface area contributed by atoms with Crippen LogP contribution in [-0.2, 0) is 16.3 Å². The van der Waals surface area contributed by atoms with Gasteiger partial charge in [0.25, 0.3) is 0 Å². The van der Waals surface area contributed by atoms with Crippen molar-refractivity contribution in [3.63, 3.8) is 0 Å². The molecule has 0 unspecified atom stereocenters. The number of quaternary nitrogens is 1. The SMILES string of the molecule is CC[N+](CC)(CC)Cc1ccc(C(=O)OOC(C)(C)C)cc1.[Cl-]. The molecule has 0 N–H and O–H groups in total. The topological polar surface area (TPSA) is 35.5 Å². The third-order valence-corrected chi connectivity index (χ3v) is 4.09. The van der Waals surface area contributed by atoms with E-state index in [1.54, 1.807) is 12.1 Å². The molecule has 0 fully saturated rings. The van der Waals surface area contributed by atoms with Gasteiger partial charge in [-0.15, -0.1) is 0 Å². The maximum absolute atomic E-state index is 11.9. The average Bonchev–Trinajstić information content (AvgIpc) is 2.50. The van der Waals surface area contributed by atoms with Gasteiger partial charge in [-0.05, 0) is 53.7 Å². The Morgan fingerprint density at radius 1 is 1.00 bits per heavy atom. The van der Waals surface area contributed by atoms with Crippen molar-refractivity contribution in [3.8, 4) is 0 Å². The molecule has 132 valence electrons. The van der Waals surface area contributed by atoms with E-state index in [2.05, 4.69) is 20.8 Å². The van der Waals surface area contributed by atoms with E-state index in [0.717, 1.165) is 30.7 Å². The fourth-order valence-electron chi connectivity index (χ4n) is 2.35. The van der Waals surface area contributed by atoms with E-state index in [0.29, 0.717) is 5.56 Å². The highest BCUT2D eigenvalue weighted by Gasteiger charge is 2.21. The summed E-state index contributed by atoms with van der Waals surface area (Å²) in [6, 6.07) is 7.61. The maximum Gasteiger partial charge on any atom is 0.373 e. The summed E-state index contributed by atoms with van der Waals surface area (Å²) in [6.45, 7) is 16.5. The highest BCUT2D eigenvalue weighted by molar-refractivity contribution is 5.88. The second-order valence-corrected chi connectivity index (χ2v) is 6.71. The normalized spacial score (nSPS) is 11.7. The van der Waals surface area contributed by atoms with Crippen LogP contribution in [0.25, 0.3) is 0 Å². The number of carbonyl (C=O) groups excluding carboxylic acids is 1. The molecule has 0 aromatic heterocycles. The van der Waals surface area contributed by atoms with Crippen LogP contribution in [0.3, 0.4) is 0 Å². The van der Waals surface area contributed by atoms with Gasteiger partial charge in [-0.25, -0.2) is 4.79 Å². The fourth-order valence-corrected chi connectivity index (χ4v) is 2.35. The number of nitrogens with zero attached hydrogens (tertiary/aromatic N) is 1. The molecule has 4 nitrogen and oxygen atoms in total. The number of hydrogen-bond acceptors (Lipinski definition) is 3. The molecule has 0 aliphatic carbocycles. The Balaban J connectivity index is 0.00000484. The van der Waals surface area contributed by atoms with Crippen LogP contribution in [0.4, 0.5) is 0 Å². The van der Waals surface area contributed by atoms with Crippen LogP contribution in [0.1, 0.15) is 57.5 Å². The first-order valence-electron chi connectivity index (χ1n) is 8.09. The highest BCUT2D eigenvalue weighted by Crippen LogP contribution is 2.16. The van der Waals surface area contributed by atoms with Gasteiger partial charge in [0.1, 0.15) is 12.1 Å². The molecule has 0 heterocycles. The zero-order valence-electron chi connectivity index (χ0n) is 15.2. The molecular weight excluding hydrogens is 314 g/mol. The summed E-state index contributed by atoms with van der Waals surface area (Å²) in [5.74, 6) is -0.455. The van der Waals surface area contributed by atoms with Gasteiger partial charge in [0, 0.05) is 5.56 Å². The highest BCUT2D eigenvalue weighted by atomic mass is 35.5. The smallest absolute Gasteiger partial charge is 0.373 e. The Morgan fingerprint density at radius 3 is 1.87 bits per heavy atom. The quantitative estimate of drug-likeness (QED) is 0.420. The molecular formula is C18H30ClNO3. The Hall–Kier alpha value is -1.10. The lowest BCUT2D eigenvalue weighted by Gasteiger charge is -2.35. The van der Waals surface area contributed by atoms with Crippen molar-refractivity contribution in [2.45, 2.75) is 53.7 Å². The van der Waals surface area contributed by atoms with Gasteiger partial charge < -0.3 is 16.9 Å². The van der Waals surface area contributed by atoms with Gasteiger partial charge in [-0.1, -0.05) is 12.1 Å². The maximum atomic E-state index is 11.9. The van der Waals surface area contributed by atoms with Crippen molar-refractivity contribution in [1.82, 2.24) is 0 Å². The summed E-state index contributed by atoms with van der Waals surface area (Å²) in [4.78, 5) is 21.8. The average molecular weight is 344 g/mol. The largest absolute Gasteiger partial charge is 1.00 e. The minimum Gasteiger partial charge on any atom is -1.00 e. The molecule has 0 aliphatic heterocycles. The van der Waals surface area contributed by atoms with Crippen LogP contribution >= 0.6 is 0 Å². The van der Waals surface area contributed by atoms with Crippen LogP contribution in [0.5, 0.6) is 0 Å². The standard InChI is InChI=1S/C18H30NO3.ClH/c1-7-19(8-2,9-3)14-15-10-12-16(13-11-15)17(20)21-22-18(4,5)6;/h10-13H,7-9,14H2,1-6H3;1H/q+1;/p-1. The van der Waals surface area contributed by atoms with Gasteiger partial charge in [0.2, 0.25) is 0 Å². The van der Waals surface area contributed by atoms with Gasteiger partial charge in [0.05, 0.1) is 25.2 Å². The lowest BCUT2D eigenvalue weighted by Crippen LogP contribution is -3.00. The summed E-state index contributed by atoms with van der Waals surface area (Å²) in [5, 5.41) is 0. The molecule has 1 rings (SSSR count). The first kappa shape index (κ1) is 21.9. The van der Waals surface area contributed by atoms with Gasteiger partial charge >= 0.3 is 5.97 Å². The summed E-state index contributed by atoms with van der Waals surface area (Å²) < 4.78 is 1.05. The minimum absolute atomic E-state index is 0. The lowest BCUT2D eigenvalue weighted by molar-refractivity contribution is -0.936. The van der Waals surface area contributed by atoms with E-state index in [9.17, 15) is 4.79 Å². The first-order valence-corrected chi connectivity index (χ1v) is 8.09. The van der Waals surface area contributed by atoms with E-state index in [1.807, 2.05) is 32.9 Å². The summed E-state index contributed by atoms with van der Waals surface area (Å²) >= 11 is 0. The van der Waals surface area contributed by atoms with E-state index in [4.69, 9.17) is 9.78 Å². The molecule has 5 heteroatoms. The summed E-state index contributed by atoms with van der Waals surface area (Å²) in [6.07, 6.45) is 0. The zero-order valence-corrected chi connectivity index (χ0v) is 15.9. The molecule has 23 heavy (non-hydrogen) atoms. The van der Waals surface area contributed by atoms with Crippen molar-refractivity contribution in [1.29, 1.82) is 0 Å². The predicted molar refractivity (Wildman–Crippen MR) is 88.3 cm³/mol. The molecule has 0 saturated heterocycles. The second kappa shape index (κ2) is 9.26. The van der Waals surface area contributed by atoms with Gasteiger partial charge in [0.15, 0.2) is 0 Å². The molecule has 0 spiro atoms. The van der Waals surface area contributed by atoms with Crippen LogP contribution < -0.4 is 12.4 Å². The van der Waals surface area contributed by atoms with Crippen molar-refractivity contribution in [2.75, 3.05) is 19.6 Å².